The number of hydrogen-bond donors (Lipinski definition) is 3. The second-order valence-corrected chi connectivity index (χ2v) is 7.10. The second-order valence-electron chi connectivity index (χ2n) is 7.10. The minimum atomic E-state index is -0.200. The molecule has 2 aromatic carbocycles. The number of pyridine rings is 1. The van der Waals surface area contributed by atoms with Crippen LogP contribution in [0.2, 0.25) is 0 Å². The van der Waals surface area contributed by atoms with E-state index >= 15 is 0 Å². The molecule has 3 heterocycles. The van der Waals surface area contributed by atoms with E-state index in [0.29, 0.717) is 5.82 Å². The summed E-state index contributed by atoms with van der Waals surface area (Å²) < 4.78 is 0. The van der Waals surface area contributed by atoms with E-state index in [4.69, 9.17) is 0 Å². The molecule has 5 rings (SSSR count). The Morgan fingerprint density at radius 2 is 1.93 bits per heavy atom. The molecule has 0 aliphatic carbocycles. The van der Waals surface area contributed by atoms with Crippen LogP contribution in [0.15, 0.2) is 72.9 Å². The average molecular weight is 394 g/mol. The Labute approximate surface area is 172 Å². The number of rotatable bonds is 3. The first-order valence-electron chi connectivity index (χ1n) is 9.61. The maximum Gasteiger partial charge on any atom is 0.248 e. The molecule has 2 aromatic heterocycles. The van der Waals surface area contributed by atoms with E-state index < -0.39 is 0 Å². The van der Waals surface area contributed by atoms with E-state index in [0.717, 1.165) is 39.0 Å². The van der Waals surface area contributed by atoms with Crippen LogP contribution < -0.4 is 10.6 Å². The molecule has 6 nitrogen and oxygen atoms in total. The molecule has 0 radical (unpaired) electrons. The summed E-state index contributed by atoms with van der Waals surface area (Å²) in [5.74, 6) is 0.261. The van der Waals surface area contributed by atoms with Crippen LogP contribution >= 0.6 is 0 Å². The minimum Gasteiger partial charge on any atom is -0.354 e. The fourth-order valence-electron chi connectivity index (χ4n) is 3.70. The van der Waals surface area contributed by atoms with Crippen LogP contribution in [-0.2, 0) is 16.0 Å². The van der Waals surface area contributed by atoms with Gasteiger partial charge in [0, 0.05) is 34.4 Å². The van der Waals surface area contributed by atoms with Gasteiger partial charge in [-0.05, 0) is 53.6 Å². The van der Waals surface area contributed by atoms with Crippen molar-refractivity contribution >= 4 is 40.3 Å². The highest BCUT2D eigenvalue weighted by atomic mass is 16.2. The minimum absolute atomic E-state index is 0.0993. The molecule has 0 saturated heterocycles. The van der Waals surface area contributed by atoms with Gasteiger partial charge in [-0.25, -0.2) is 4.98 Å². The van der Waals surface area contributed by atoms with E-state index in [1.54, 1.807) is 12.3 Å². The number of fused-ring (bicyclic) bond motifs is 5. The van der Waals surface area contributed by atoms with Gasteiger partial charge in [0.15, 0.2) is 0 Å². The molecule has 0 fully saturated rings. The number of aromatic nitrogens is 2. The molecular formula is C24H18N4O2. The zero-order valence-corrected chi connectivity index (χ0v) is 16.0. The third kappa shape index (κ3) is 3.35. The number of nitrogens with zero attached hydrogens (tertiary/aromatic N) is 1. The number of hydrogen-bond acceptors (Lipinski definition) is 3. The molecule has 6 heteroatoms. The van der Waals surface area contributed by atoms with Gasteiger partial charge in [0.2, 0.25) is 11.8 Å². The molecule has 1 aliphatic heterocycles. The van der Waals surface area contributed by atoms with Crippen LogP contribution in [0, 0.1) is 0 Å². The molecule has 2 amide bonds. The lowest BCUT2D eigenvalue weighted by molar-refractivity contribution is -0.115. The number of carbonyl (C=O) groups is 2. The van der Waals surface area contributed by atoms with E-state index in [9.17, 15) is 9.59 Å². The van der Waals surface area contributed by atoms with Crippen molar-refractivity contribution in [3.8, 4) is 11.3 Å². The molecule has 30 heavy (non-hydrogen) atoms. The van der Waals surface area contributed by atoms with Gasteiger partial charge < -0.3 is 15.6 Å². The summed E-state index contributed by atoms with van der Waals surface area (Å²) in [5, 5.41) is 6.65. The third-order valence-corrected chi connectivity index (χ3v) is 5.07. The van der Waals surface area contributed by atoms with Gasteiger partial charge in [-0.3, -0.25) is 9.59 Å². The molecule has 0 unspecified atom stereocenters. The van der Waals surface area contributed by atoms with Crippen molar-refractivity contribution in [1.82, 2.24) is 9.97 Å². The number of H-pyrrole nitrogens is 1. The Bertz CT molecular complexity index is 1310. The lowest BCUT2D eigenvalue weighted by Gasteiger charge is -2.04. The first kappa shape index (κ1) is 17.9. The van der Waals surface area contributed by atoms with Gasteiger partial charge in [0.1, 0.15) is 5.82 Å². The number of carbonyl (C=O) groups excluding carboxylic acids is 2. The zero-order valence-electron chi connectivity index (χ0n) is 16.0. The van der Waals surface area contributed by atoms with Crippen molar-refractivity contribution in [2.75, 3.05) is 10.6 Å². The monoisotopic (exact) mass is 394 g/mol. The van der Waals surface area contributed by atoms with E-state index in [-0.39, 0.29) is 18.2 Å². The van der Waals surface area contributed by atoms with Crippen LogP contribution in [0.5, 0.6) is 0 Å². The van der Waals surface area contributed by atoms with Crippen molar-refractivity contribution in [2.24, 2.45) is 0 Å². The van der Waals surface area contributed by atoms with Crippen LogP contribution in [0.25, 0.3) is 28.2 Å². The van der Waals surface area contributed by atoms with Gasteiger partial charge in [0.25, 0.3) is 0 Å². The predicted octanol–water partition coefficient (Wildman–Crippen LogP) is 4.38. The number of para-hydroxylation sites is 1. The lowest BCUT2D eigenvalue weighted by Crippen LogP contribution is -2.13. The molecule has 0 bridgehead atoms. The van der Waals surface area contributed by atoms with Crippen molar-refractivity contribution in [2.45, 2.75) is 6.42 Å². The second kappa shape index (κ2) is 7.33. The highest BCUT2D eigenvalue weighted by Gasteiger charge is 2.23. The molecule has 0 spiro atoms. The van der Waals surface area contributed by atoms with E-state index in [2.05, 4.69) is 20.6 Å². The quantitative estimate of drug-likeness (QED) is 0.451. The molecular weight excluding hydrogens is 376 g/mol. The van der Waals surface area contributed by atoms with Crippen molar-refractivity contribution in [1.29, 1.82) is 0 Å². The summed E-state index contributed by atoms with van der Waals surface area (Å²) in [6.45, 7) is 0. The highest BCUT2D eigenvalue weighted by molar-refractivity contribution is 6.05. The standard InChI is InChI=1S/C24H18N4O2/c29-21(26-16-5-2-1-3-6-16)11-9-15-8-10-20-18(13-15)19-14-22(30)28-24-17(23(19)27-20)7-4-12-25-24/h1-13,27H,14H2,(H,26,29)(H,25,28,30)/b11-9+. The van der Waals surface area contributed by atoms with Gasteiger partial charge in [-0.15, -0.1) is 0 Å². The smallest absolute Gasteiger partial charge is 0.248 e. The number of anilines is 2. The van der Waals surface area contributed by atoms with Crippen LogP contribution in [-0.4, -0.2) is 21.8 Å². The Kier molecular flexibility index (Phi) is 4.37. The fraction of sp³-hybridized carbons (Fsp3) is 0.0417. The van der Waals surface area contributed by atoms with Gasteiger partial charge in [-0.2, -0.15) is 0 Å². The van der Waals surface area contributed by atoms with Crippen LogP contribution in [0.4, 0.5) is 11.5 Å². The Morgan fingerprint density at radius 1 is 1.07 bits per heavy atom. The van der Waals surface area contributed by atoms with Crippen molar-refractivity contribution < 1.29 is 9.59 Å². The molecule has 0 saturated carbocycles. The predicted molar refractivity (Wildman–Crippen MR) is 118 cm³/mol. The largest absolute Gasteiger partial charge is 0.354 e. The van der Waals surface area contributed by atoms with Gasteiger partial charge >= 0.3 is 0 Å². The summed E-state index contributed by atoms with van der Waals surface area (Å²) in [6, 6.07) is 19.0. The maximum atomic E-state index is 12.4. The maximum absolute atomic E-state index is 12.4. The fourth-order valence-corrected chi connectivity index (χ4v) is 3.70. The topological polar surface area (TPSA) is 86.9 Å². The molecule has 1 aliphatic rings. The number of amides is 2. The highest BCUT2D eigenvalue weighted by Crippen LogP contribution is 2.36. The zero-order chi connectivity index (χ0) is 20.5. The van der Waals surface area contributed by atoms with Gasteiger partial charge in [-0.1, -0.05) is 24.3 Å². The van der Waals surface area contributed by atoms with Crippen molar-refractivity contribution in [3.63, 3.8) is 0 Å². The summed E-state index contributed by atoms with van der Waals surface area (Å²) in [7, 11) is 0. The summed E-state index contributed by atoms with van der Waals surface area (Å²) >= 11 is 0. The number of aromatic amines is 1. The number of nitrogens with one attached hydrogen (secondary N) is 3. The Hall–Kier alpha value is -4.19. The molecule has 4 aromatic rings. The SMILES string of the molecule is O=C(/C=C/c1ccc2[nH]c3c(c2c1)CC(=O)Nc1ncccc1-3)Nc1ccccc1. The first-order chi connectivity index (χ1) is 14.7. The lowest BCUT2D eigenvalue weighted by atomic mass is 10.0. The average Bonchev–Trinajstić information content (AvgIpc) is 3.03. The third-order valence-electron chi connectivity index (χ3n) is 5.07. The Morgan fingerprint density at radius 3 is 2.80 bits per heavy atom. The molecule has 146 valence electrons. The van der Waals surface area contributed by atoms with Crippen LogP contribution in [0.1, 0.15) is 11.1 Å². The van der Waals surface area contributed by atoms with Gasteiger partial charge in [0.05, 0.1) is 12.1 Å². The van der Waals surface area contributed by atoms with E-state index in [1.807, 2.05) is 60.7 Å². The summed E-state index contributed by atoms with van der Waals surface area (Å²) in [4.78, 5) is 32.3. The van der Waals surface area contributed by atoms with E-state index in [1.165, 1.54) is 6.08 Å². The normalized spacial score (nSPS) is 12.9. The molecule has 3 N–H and O–H groups in total. The Balaban J connectivity index is 1.48. The first-order valence-corrected chi connectivity index (χ1v) is 9.61. The molecule has 0 atom stereocenters. The van der Waals surface area contributed by atoms with Crippen molar-refractivity contribution in [3.05, 3.63) is 84.1 Å². The van der Waals surface area contributed by atoms with Crippen LogP contribution in [0.3, 0.4) is 0 Å². The number of benzene rings is 2. The summed E-state index contributed by atoms with van der Waals surface area (Å²) in [5.41, 5.74) is 5.26. The summed E-state index contributed by atoms with van der Waals surface area (Å²) in [6.07, 6.45) is 5.19.